The van der Waals surface area contributed by atoms with Crippen molar-refractivity contribution >= 4 is 22.9 Å². The van der Waals surface area contributed by atoms with Crippen LogP contribution in [0, 0.1) is 5.82 Å². The second-order valence-electron chi connectivity index (χ2n) is 3.83. The Balaban J connectivity index is 2.22. The minimum Gasteiger partial charge on any atom is -0.389 e. The van der Waals surface area contributed by atoms with Gasteiger partial charge in [0.1, 0.15) is 16.6 Å². The number of thiocarbonyl (C=S) groups is 1. The number of hydrogen-bond donors (Lipinski definition) is 2. The molecule has 1 heterocycles. The summed E-state index contributed by atoms with van der Waals surface area (Å²) in [7, 11) is 1.89. The van der Waals surface area contributed by atoms with Crippen LogP contribution in [0.5, 0.6) is 0 Å². The molecule has 0 saturated heterocycles. The molecule has 4 nitrogen and oxygen atoms in total. The van der Waals surface area contributed by atoms with Crippen LogP contribution in [0.1, 0.15) is 11.4 Å². The molecule has 0 atom stereocenters. The third-order valence-electron chi connectivity index (χ3n) is 2.62. The lowest BCUT2D eigenvalue weighted by molar-refractivity contribution is 0.626. The van der Waals surface area contributed by atoms with Gasteiger partial charge in [0.2, 0.25) is 0 Å². The molecule has 0 aliphatic rings. The number of benzene rings is 1. The van der Waals surface area contributed by atoms with Crippen molar-refractivity contribution in [1.29, 1.82) is 0 Å². The standard InChI is InChI=1S/C12H13FN4S/c1-17-6-5-15-10(17)7-16-9-4-2-3-8(13)11(9)12(14)18/h2-6,16H,7H2,1H3,(H2,14,18). The Morgan fingerprint density at radius 3 is 2.94 bits per heavy atom. The number of nitrogens with zero attached hydrogens (tertiary/aromatic N) is 2. The van der Waals surface area contributed by atoms with Gasteiger partial charge in [0.05, 0.1) is 12.1 Å². The highest BCUT2D eigenvalue weighted by atomic mass is 32.1. The molecule has 2 rings (SSSR count). The van der Waals surface area contributed by atoms with E-state index in [0.29, 0.717) is 12.2 Å². The highest BCUT2D eigenvalue weighted by Gasteiger charge is 2.11. The molecule has 0 spiro atoms. The SMILES string of the molecule is Cn1ccnc1CNc1cccc(F)c1C(N)=S. The van der Waals surface area contributed by atoms with Gasteiger partial charge in [-0.1, -0.05) is 18.3 Å². The molecule has 1 aromatic heterocycles. The van der Waals surface area contributed by atoms with Crippen LogP contribution in [0.4, 0.5) is 10.1 Å². The molecule has 3 N–H and O–H groups in total. The third-order valence-corrected chi connectivity index (χ3v) is 2.82. The maximum atomic E-state index is 13.6. The summed E-state index contributed by atoms with van der Waals surface area (Å²) in [4.78, 5) is 4.21. The van der Waals surface area contributed by atoms with Gasteiger partial charge in [0, 0.05) is 25.1 Å². The Labute approximate surface area is 110 Å². The van der Waals surface area contributed by atoms with E-state index in [-0.39, 0.29) is 10.6 Å². The summed E-state index contributed by atoms with van der Waals surface area (Å²) in [6.07, 6.45) is 3.55. The molecule has 1 aromatic carbocycles. The average Bonchev–Trinajstić information content (AvgIpc) is 2.71. The minimum atomic E-state index is -0.424. The average molecular weight is 264 g/mol. The van der Waals surface area contributed by atoms with Crippen molar-refractivity contribution in [2.75, 3.05) is 5.32 Å². The van der Waals surface area contributed by atoms with E-state index in [4.69, 9.17) is 18.0 Å². The zero-order chi connectivity index (χ0) is 13.1. The van der Waals surface area contributed by atoms with Crippen molar-refractivity contribution in [3.63, 3.8) is 0 Å². The van der Waals surface area contributed by atoms with Gasteiger partial charge in [0.15, 0.2) is 0 Å². The molecule has 0 radical (unpaired) electrons. The van der Waals surface area contributed by atoms with E-state index >= 15 is 0 Å². The molecule has 0 aliphatic carbocycles. The quantitative estimate of drug-likeness (QED) is 0.827. The zero-order valence-electron chi connectivity index (χ0n) is 9.85. The van der Waals surface area contributed by atoms with E-state index in [9.17, 15) is 4.39 Å². The molecule has 94 valence electrons. The predicted octanol–water partition coefficient (Wildman–Crippen LogP) is 1.81. The molecule has 0 bridgehead atoms. The Bertz CT molecular complexity index is 579. The van der Waals surface area contributed by atoms with Crippen LogP contribution >= 0.6 is 12.2 Å². The van der Waals surface area contributed by atoms with Gasteiger partial charge in [-0.15, -0.1) is 0 Å². The smallest absolute Gasteiger partial charge is 0.135 e. The third kappa shape index (κ3) is 2.48. The lowest BCUT2D eigenvalue weighted by Crippen LogP contribution is -2.16. The molecule has 0 saturated carbocycles. The lowest BCUT2D eigenvalue weighted by atomic mass is 10.1. The summed E-state index contributed by atoms with van der Waals surface area (Å²) in [5.74, 6) is 0.417. The van der Waals surface area contributed by atoms with Crippen LogP contribution in [-0.2, 0) is 13.6 Å². The van der Waals surface area contributed by atoms with Crippen molar-refractivity contribution in [2.45, 2.75) is 6.54 Å². The van der Waals surface area contributed by atoms with Crippen molar-refractivity contribution in [3.05, 3.63) is 47.8 Å². The normalized spacial score (nSPS) is 10.3. The van der Waals surface area contributed by atoms with Gasteiger partial charge in [-0.3, -0.25) is 0 Å². The van der Waals surface area contributed by atoms with Crippen molar-refractivity contribution in [2.24, 2.45) is 12.8 Å². The molecule has 0 fully saturated rings. The number of hydrogen-bond acceptors (Lipinski definition) is 3. The molecule has 6 heteroatoms. The van der Waals surface area contributed by atoms with Crippen LogP contribution in [0.3, 0.4) is 0 Å². The first kappa shape index (κ1) is 12.5. The summed E-state index contributed by atoms with van der Waals surface area (Å²) >= 11 is 4.85. The molecule has 18 heavy (non-hydrogen) atoms. The number of imidazole rings is 1. The van der Waals surface area contributed by atoms with E-state index < -0.39 is 5.82 Å². The molecule has 0 amide bonds. The van der Waals surface area contributed by atoms with Gasteiger partial charge in [-0.2, -0.15) is 0 Å². The predicted molar refractivity (Wildman–Crippen MR) is 72.8 cm³/mol. The highest BCUT2D eigenvalue weighted by Crippen LogP contribution is 2.19. The lowest BCUT2D eigenvalue weighted by Gasteiger charge is -2.11. The van der Waals surface area contributed by atoms with E-state index in [0.717, 1.165) is 5.82 Å². The first-order valence-corrected chi connectivity index (χ1v) is 5.79. The highest BCUT2D eigenvalue weighted by molar-refractivity contribution is 7.80. The van der Waals surface area contributed by atoms with Gasteiger partial charge < -0.3 is 15.6 Å². The van der Waals surface area contributed by atoms with Crippen molar-refractivity contribution in [3.8, 4) is 0 Å². The molecule has 0 aliphatic heterocycles. The number of aryl methyl sites for hydroxylation is 1. The monoisotopic (exact) mass is 264 g/mol. The second kappa shape index (κ2) is 5.14. The summed E-state index contributed by atoms with van der Waals surface area (Å²) in [5, 5.41) is 3.09. The Morgan fingerprint density at radius 1 is 1.56 bits per heavy atom. The van der Waals surface area contributed by atoms with Gasteiger partial charge in [0.25, 0.3) is 0 Å². The maximum Gasteiger partial charge on any atom is 0.135 e. The van der Waals surface area contributed by atoms with Crippen LogP contribution in [0.15, 0.2) is 30.6 Å². The Morgan fingerprint density at radius 2 is 2.33 bits per heavy atom. The zero-order valence-corrected chi connectivity index (χ0v) is 10.7. The number of halogens is 1. The fourth-order valence-corrected chi connectivity index (χ4v) is 1.87. The summed E-state index contributed by atoms with van der Waals surface area (Å²) in [6, 6.07) is 4.68. The second-order valence-corrected chi connectivity index (χ2v) is 4.27. The number of rotatable bonds is 4. The van der Waals surface area contributed by atoms with Gasteiger partial charge >= 0.3 is 0 Å². The summed E-state index contributed by atoms with van der Waals surface area (Å²) in [5.41, 5.74) is 6.34. The topological polar surface area (TPSA) is 55.9 Å². The fraction of sp³-hybridized carbons (Fsp3) is 0.167. The van der Waals surface area contributed by atoms with E-state index in [2.05, 4.69) is 10.3 Å². The number of nitrogens with one attached hydrogen (secondary N) is 1. The largest absolute Gasteiger partial charge is 0.389 e. The van der Waals surface area contributed by atoms with Crippen LogP contribution in [0.25, 0.3) is 0 Å². The van der Waals surface area contributed by atoms with Crippen LogP contribution < -0.4 is 11.1 Å². The van der Waals surface area contributed by atoms with Crippen molar-refractivity contribution < 1.29 is 4.39 Å². The molecular formula is C12H13FN4S. The van der Waals surface area contributed by atoms with E-state index in [1.165, 1.54) is 6.07 Å². The maximum absolute atomic E-state index is 13.6. The number of anilines is 1. The first-order valence-electron chi connectivity index (χ1n) is 5.38. The number of nitrogens with two attached hydrogens (primary N) is 1. The minimum absolute atomic E-state index is 0.0374. The van der Waals surface area contributed by atoms with Gasteiger partial charge in [-0.05, 0) is 12.1 Å². The van der Waals surface area contributed by atoms with Gasteiger partial charge in [-0.25, -0.2) is 9.37 Å². The molecule has 0 unspecified atom stereocenters. The summed E-state index contributed by atoms with van der Waals surface area (Å²) in [6.45, 7) is 0.475. The fourth-order valence-electron chi connectivity index (χ4n) is 1.66. The Kier molecular flexibility index (Phi) is 3.57. The summed E-state index contributed by atoms with van der Waals surface area (Å²) < 4.78 is 15.5. The molecule has 2 aromatic rings. The Hall–Kier alpha value is -1.95. The van der Waals surface area contributed by atoms with Crippen LogP contribution in [-0.4, -0.2) is 14.5 Å². The first-order chi connectivity index (χ1) is 8.59. The van der Waals surface area contributed by atoms with Crippen molar-refractivity contribution in [1.82, 2.24) is 9.55 Å². The molecular weight excluding hydrogens is 251 g/mol. The van der Waals surface area contributed by atoms with E-state index in [1.807, 2.05) is 17.8 Å². The number of aromatic nitrogens is 2. The van der Waals surface area contributed by atoms with Crippen LogP contribution in [0.2, 0.25) is 0 Å². The van der Waals surface area contributed by atoms with E-state index in [1.54, 1.807) is 18.3 Å².